The molecular formula is C18H19ClN2O3S. The van der Waals surface area contributed by atoms with E-state index >= 15 is 0 Å². The Hall–Kier alpha value is -1.89. The van der Waals surface area contributed by atoms with Gasteiger partial charge in [-0.15, -0.1) is 0 Å². The third-order valence-corrected chi connectivity index (χ3v) is 6.12. The van der Waals surface area contributed by atoms with Gasteiger partial charge >= 0.3 is 0 Å². The number of hydrogen-bond acceptors (Lipinski definition) is 3. The Balaban J connectivity index is 1.80. The van der Waals surface area contributed by atoms with Crippen LogP contribution in [0.5, 0.6) is 0 Å². The van der Waals surface area contributed by atoms with E-state index in [1.807, 2.05) is 12.1 Å². The number of nitrogens with one attached hydrogen (secondary N) is 1. The topological polar surface area (TPSA) is 66.5 Å². The highest BCUT2D eigenvalue weighted by Gasteiger charge is 2.21. The standard InChI is InChI=1S/C18H19ClN2O3S/c1-13(22)21-9-8-14-6-7-17(10-16(14)12-21)25(23,24)20-11-15-4-2-3-5-18(15)19/h2-7,10,20H,8-9,11-12H2,1H3. The Morgan fingerprint density at radius 1 is 1.20 bits per heavy atom. The van der Waals surface area contributed by atoms with Crippen molar-refractivity contribution in [3.8, 4) is 0 Å². The van der Waals surface area contributed by atoms with Crippen molar-refractivity contribution in [3.05, 3.63) is 64.2 Å². The lowest BCUT2D eigenvalue weighted by atomic mass is 10.00. The number of nitrogens with zero attached hydrogens (tertiary/aromatic N) is 1. The summed E-state index contributed by atoms with van der Waals surface area (Å²) in [5.41, 5.74) is 2.68. The maximum absolute atomic E-state index is 12.6. The van der Waals surface area contributed by atoms with Crippen LogP contribution in [-0.2, 0) is 34.3 Å². The molecule has 1 amide bonds. The minimum Gasteiger partial charge on any atom is -0.338 e. The second kappa shape index (κ2) is 7.15. The van der Waals surface area contributed by atoms with Crippen LogP contribution in [0.15, 0.2) is 47.4 Å². The van der Waals surface area contributed by atoms with Crippen molar-refractivity contribution in [2.75, 3.05) is 6.54 Å². The van der Waals surface area contributed by atoms with E-state index in [0.717, 1.165) is 17.5 Å². The molecular weight excluding hydrogens is 360 g/mol. The van der Waals surface area contributed by atoms with Gasteiger partial charge in [-0.1, -0.05) is 35.9 Å². The molecule has 0 fully saturated rings. The molecule has 1 aliphatic heterocycles. The summed E-state index contributed by atoms with van der Waals surface area (Å²) in [6.07, 6.45) is 0.738. The molecule has 1 heterocycles. The number of carbonyl (C=O) groups excluding carboxylic acids is 1. The van der Waals surface area contributed by atoms with E-state index < -0.39 is 10.0 Å². The molecule has 0 spiro atoms. The molecule has 3 rings (SSSR count). The Morgan fingerprint density at radius 2 is 1.96 bits per heavy atom. The highest BCUT2D eigenvalue weighted by Crippen LogP contribution is 2.23. The maximum atomic E-state index is 12.6. The first-order valence-corrected chi connectivity index (χ1v) is 9.83. The summed E-state index contributed by atoms with van der Waals surface area (Å²) in [6.45, 7) is 2.76. The van der Waals surface area contributed by atoms with Crippen molar-refractivity contribution in [3.63, 3.8) is 0 Å². The molecule has 2 aromatic carbocycles. The lowest BCUT2D eigenvalue weighted by Crippen LogP contribution is -2.34. The van der Waals surface area contributed by atoms with Crippen LogP contribution in [0.4, 0.5) is 0 Å². The first-order chi connectivity index (χ1) is 11.9. The molecule has 0 aliphatic carbocycles. The molecule has 5 nitrogen and oxygen atoms in total. The number of amides is 1. The van der Waals surface area contributed by atoms with Gasteiger partial charge in [0.1, 0.15) is 0 Å². The summed E-state index contributed by atoms with van der Waals surface area (Å²) >= 11 is 6.07. The zero-order valence-corrected chi connectivity index (χ0v) is 15.4. The molecule has 1 N–H and O–H groups in total. The zero-order valence-electron chi connectivity index (χ0n) is 13.8. The van der Waals surface area contributed by atoms with Gasteiger partial charge in [-0.05, 0) is 41.3 Å². The SMILES string of the molecule is CC(=O)N1CCc2ccc(S(=O)(=O)NCc3ccccc3Cl)cc2C1. The van der Waals surface area contributed by atoms with Crippen LogP contribution in [0.1, 0.15) is 23.6 Å². The molecule has 2 aromatic rings. The number of hydrogen-bond donors (Lipinski definition) is 1. The molecule has 0 aromatic heterocycles. The van der Waals surface area contributed by atoms with Crippen molar-refractivity contribution < 1.29 is 13.2 Å². The van der Waals surface area contributed by atoms with Crippen molar-refractivity contribution in [2.24, 2.45) is 0 Å². The monoisotopic (exact) mass is 378 g/mol. The van der Waals surface area contributed by atoms with Gasteiger partial charge in [-0.3, -0.25) is 4.79 Å². The van der Waals surface area contributed by atoms with E-state index in [4.69, 9.17) is 11.6 Å². The molecule has 132 valence electrons. The molecule has 0 atom stereocenters. The number of sulfonamides is 1. The third-order valence-electron chi connectivity index (χ3n) is 4.36. The minimum atomic E-state index is -3.66. The van der Waals surface area contributed by atoms with Crippen LogP contribution in [-0.4, -0.2) is 25.8 Å². The van der Waals surface area contributed by atoms with Crippen molar-refractivity contribution in [1.82, 2.24) is 9.62 Å². The van der Waals surface area contributed by atoms with E-state index in [9.17, 15) is 13.2 Å². The fourth-order valence-electron chi connectivity index (χ4n) is 2.87. The summed E-state index contributed by atoms with van der Waals surface area (Å²) in [4.78, 5) is 13.5. The van der Waals surface area contributed by atoms with Crippen LogP contribution >= 0.6 is 11.6 Å². The summed E-state index contributed by atoms with van der Waals surface area (Å²) in [6, 6.07) is 12.2. The summed E-state index contributed by atoms with van der Waals surface area (Å²) < 4.78 is 27.7. The molecule has 0 saturated heterocycles. The predicted molar refractivity (Wildman–Crippen MR) is 96.7 cm³/mol. The molecule has 25 heavy (non-hydrogen) atoms. The zero-order chi connectivity index (χ0) is 18.0. The van der Waals surface area contributed by atoms with Crippen molar-refractivity contribution in [1.29, 1.82) is 0 Å². The average molecular weight is 379 g/mol. The number of rotatable bonds is 4. The van der Waals surface area contributed by atoms with Crippen molar-refractivity contribution >= 4 is 27.5 Å². The minimum absolute atomic E-state index is 0.00393. The summed E-state index contributed by atoms with van der Waals surface area (Å²) in [5, 5.41) is 0.521. The molecule has 0 saturated carbocycles. The van der Waals surface area contributed by atoms with Gasteiger partial charge in [-0.2, -0.15) is 0 Å². The lowest BCUT2D eigenvalue weighted by Gasteiger charge is -2.28. The molecule has 0 bridgehead atoms. The van der Waals surface area contributed by atoms with Crippen LogP contribution in [0.25, 0.3) is 0 Å². The van der Waals surface area contributed by atoms with Crippen LogP contribution in [0.3, 0.4) is 0 Å². The number of fused-ring (bicyclic) bond motifs is 1. The highest BCUT2D eigenvalue weighted by atomic mass is 35.5. The van der Waals surface area contributed by atoms with Crippen LogP contribution in [0, 0.1) is 0 Å². The van der Waals surface area contributed by atoms with Crippen LogP contribution < -0.4 is 4.72 Å². The smallest absolute Gasteiger partial charge is 0.240 e. The second-order valence-electron chi connectivity index (χ2n) is 6.04. The van der Waals surface area contributed by atoms with Gasteiger partial charge in [0.15, 0.2) is 0 Å². The van der Waals surface area contributed by atoms with Gasteiger partial charge in [0, 0.05) is 31.6 Å². The molecule has 0 radical (unpaired) electrons. The molecule has 1 aliphatic rings. The van der Waals surface area contributed by atoms with Gasteiger partial charge in [0.25, 0.3) is 0 Å². The van der Waals surface area contributed by atoms with Gasteiger partial charge < -0.3 is 4.90 Å². The Bertz CT molecular complexity index is 912. The first-order valence-electron chi connectivity index (χ1n) is 7.97. The number of halogens is 1. The fraction of sp³-hybridized carbons (Fsp3) is 0.278. The predicted octanol–water partition coefficient (Wildman–Crippen LogP) is 2.72. The van der Waals surface area contributed by atoms with Crippen LogP contribution in [0.2, 0.25) is 5.02 Å². The molecule has 7 heteroatoms. The van der Waals surface area contributed by atoms with Gasteiger partial charge in [0.2, 0.25) is 15.9 Å². The number of carbonyl (C=O) groups is 1. The average Bonchev–Trinajstić information content (AvgIpc) is 2.60. The van der Waals surface area contributed by atoms with E-state index in [1.165, 1.54) is 6.92 Å². The van der Waals surface area contributed by atoms with E-state index in [-0.39, 0.29) is 17.3 Å². The summed E-state index contributed by atoms with van der Waals surface area (Å²) in [7, 11) is -3.66. The van der Waals surface area contributed by atoms with Gasteiger partial charge in [-0.25, -0.2) is 13.1 Å². The van der Waals surface area contributed by atoms with Crippen molar-refractivity contribution in [2.45, 2.75) is 31.3 Å². The lowest BCUT2D eigenvalue weighted by molar-refractivity contribution is -0.129. The van der Waals surface area contributed by atoms with E-state index in [2.05, 4.69) is 4.72 Å². The Morgan fingerprint density at radius 3 is 2.68 bits per heavy atom. The van der Waals surface area contributed by atoms with E-state index in [0.29, 0.717) is 23.7 Å². The molecule has 0 unspecified atom stereocenters. The fourth-order valence-corrected chi connectivity index (χ4v) is 4.13. The summed E-state index contributed by atoms with van der Waals surface area (Å²) in [5.74, 6) is -0.00393. The quantitative estimate of drug-likeness (QED) is 0.889. The third kappa shape index (κ3) is 4.03. The maximum Gasteiger partial charge on any atom is 0.240 e. The Labute approximate surface area is 152 Å². The number of benzene rings is 2. The highest BCUT2D eigenvalue weighted by molar-refractivity contribution is 7.89. The largest absolute Gasteiger partial charge is 0.338 e. The second-order valence-corrected chi connectivity index (χ2v) is 8.21. The Kier molecular flexibility index (Phi) is 5.13. The first kappa shape index (κ1) is 17.9. The van der Waals surface area contributed by atoms with E-state index in [1.54, 1.807) is 35.2 Å². The normalized spacial score (nSPS) is 14.2. The van der Waals surface area contributed by atoms with Gasteiger partial charge in [0.05, 0.1) is 4.90 Å².